The third-order valence-electron chi connectivity index (χ3n) is 4.10. The van der Waals surface area contributed by atoms with Gasteiger partial charge in [-0.05, 0) is 24.5 Å². The summed E-state index contributed by atoms with van der Waals surface area (Å²) in [6.07, 6.45) is 5.83. The molecular weight excluding hydrogens is 294 g/mol. The van der Waals surface area contributed by atoms with Gasteiger partial charge >= 0.3 is 5.97 Å². The summed E-state index contributed by atoms with van der Waals surface area (Å²) in [5.74, 6) is -1.38. The molecule has 1 aromatic heterocycles. The van der Waals surface area contributed by atoms with E-state index < -0.39 is 11.4 Å². The first-order valence-electron chi connectivity index (χ1n) is 7.15. The second-order valence-corrected chi connectivity index (χ2v) is 5.42. The lowest BCUT2D eigenvalue weighted by Crippen LogP contribution is -2.35. The van der Waals surface area contributed by atoms with E-state index in [1.54, 1.807) is 6.08 Å². The van der Waals surface area contributed by atoms with Crippen LogP contribution in [0.25, 0.3) is 5.57 Å². The minimum atomic E-state index is -1.21. The third-order valence-corrected chi connectivity index (χ3v) is 4.10. The van der Waals surface area contributed by atoms with E-state index in [4.69, 9.17) is 0 Å². The van der Waals surface area contributed by atoms with Crippen molar-refractivity contribution < 1.29 is 14.7 Å². The Morgan fingerprint density at radius 3 is 2.52 bits per heavy atom. The van der Waals surface area contributed by atoms with Gasteiger partial charge in [0.05, 0.1) is 5.41 Å². The number of hydrogen-bond acceptors (Lipinski definition) is 4. The number of nitrogens with zero attached hydrogens (tertiary/aromatic N) is 2. The normalized spacial score (nSPS) is 20.1. The highest BCUT2D eigenvalue weighted by molar-refractivity contribution is 5.96. The third kappa shape index (κ3) is 2.48. The minimum absolute atomic E-state index is 0.150. The van der Waals surface area contributed by atoms with E-state index in [1.807, 2.05) is 42.5 Å². The van der Waals surface area contributed by atoms with Crippen LogP contribution in [0.4, 0.5) is 0 Å². The molecule has 1 aliphatic carbocycles. The number of aromatic nitrogens is 3. The number of allylic oxidation sites excluding steroid dienone is 4. The molecule has 1 aliphatic rings. The molecule has 1 heterocycles. The van der Waals surface area contributed by atoms with Gasteiger partial charge in [-0.1, -0.05) is 48.6 Å². The highest BCUT2D eigenvalue weighted by Crippen LogP contribution is 2.37. The molecule has 1 atom stereocenters. The molecule has 0 amide bonds. The molecule has 116 valence electrons. The summed E-state index contributed by atoms with van der Waals surface area (Å²) >= 11 is 0. The second-order valence-electron chi connectivity index (χ2n) is 5.42. The molecule has 1 aromatic carbocycles. The Balaban J connectivity index is 2.02. The molecule has 6 nitrogen and oxygen atoms in total. The number of H-pyrrole nitrogens is 1. The maximum atomic E-state index is 12.3. The SMILES string of the molecule is CC(=O)C1(c2n[nH]nc2C(=O)O)C=CC(c2ccccc2)=CC1. The van der Waals surface area contributed by atoms with E-state index in [1.165, 1.54) is 6.92 Å². The topological polar surface area (TPSA) is 95.9 Å². The molecule has 1 unspecified atom stereocenters. The molecule has 0 saturated heterocycles. The van der Waals surface area contributed by atoms with Crippen molar-refractivity contribution in [2.24, 2.45) is 0 Å². The minimum Gasteiger partial charge on any atom is -0.476 e. The van der Waals surface area contributed by atoms with Gasteiger partial charge in [0.2, 0.25) is 0 Å². The first kappa shape index (κ1) is 14.9. The second kappa shape index (κ2) is 5.64. The van der Waals surface area contributed by atoms with Gasteiger partial charge in [-0.2, -0.15) is 10.3 Å². The van der Waals surface area contributed by atoms with Crippen molar-refractivity contribution in [3.8, 4) is 0 Å². The van der Waals surface area contributed by atoms with Crippen LogP contribution < -0.4 is 0 Å². The quantitative estimate of drug-likeness (QED) is 0.904. The predicted molar refractivity (Wildman–Crippen MR) is 83.9 cm³/mol. The van der Waals surface area contributed by atoms with Gasteiger partial charge in [0.15, 0.2) is 5.69 Å². The van der Waals surface area contributed by atoms with Crippen LogP contribution in [-0.4, -0.2) is 32.3 Å². The van der Waals surface area contributed by atoms with Crippen LogP contribution in [0.5, 0.6) is 0 Å². The standard InChI is InChI=1S/C17H15N3O3/c1-11(21)17(15-14(16(22)23)18-20-19-15)9-7-13(8-10-17)12-5-3-2-4-6-12/h2-9H,10H2,1H3,(H,22,23)(H,18,19,20). The fourth-order valence-corrected chi connectivity index (χ4v) is 2.78. The van der Waals surface area contributed by atoms with Gasteiger partial charge in [-0.3, -0.25) is 4.79 Å². The van der Waals surface area contributed by atoms with Gasteiger partial charge in [0.25, 0.3) is 0 Å². The molecule has 2 aromatic rings. The average molecular weight is 309 g/mol. The Morgan fingerprint density at radius 1 is 1.22 bits per heavy atom. The van der Waals surface area contributed by atoms with E-state index in [2.05, 4.69) is 15.4 Å². The zero-order valence-electron chi connectivity index (χ0n) is 12.5. The highest BCUT2D eigenvalue weighted by atomic mass is 16.4. The Morgan fingerprint density at radius 2 is 1.96 bits per heavy atom. The summed E-state index contributed by atoms with van der Waals surface area (Å²) in [7, 11) is 0. The predicted octanol–water partition coefficient (Wildman–Crippen LogP) is 2.37. The summed E-state index contributed by atoms with van der Waals surface area (Å²) in [5, 5.41) is 19.1. The average Bonchev–Trinajstić information content (AvgIpc) is 3.06. The van der Waals surface area contributed by atoms with Crippen molar-refractivity contribution >= 4 is 17.3 Å². The Hall–Kier alpha value is -3.02. The largest absolute Gasteiger partial charge is 0.476 e. The molecule has 0 radical (unpaired) electrons. The van der Waals surface area contributed by atoms with Crippen molar-refractivity contribution in [3.63, 3.8) is 0 Å². The van der Waals surface area contributed by atoms with Crippen LogP contribution in [0.15, 0.2) is 48.6 Å². The maximum Gasteiger partial charge on any atom is 0.358 e. The number of aromatic carboxylic acids is 1. The van der Waals surface area contributed by atoms with E-state index in [-0.39, 0.29) is 17.2 Å². The monoisotopic (exact) mass is 309 g/mol. The number of ketones is 1. The van der Waals surface area contributed by atoms with Crippen LogP contribution in [0.3, 0.4) is 0 Å². The number of carbonyl (C=O) groups excluding carboxylic acids is 1. The number of benzene rings is 1. The first-order valence-corrected chi connectivity index (χ1v) is 7.15. The van der Waals surface area contributed by atoms with Crippen LogP contribution in [0.1, 0.15) is 35.1 Å². The van der Waals surface area contributed by atoms with Crippen molar-refractivity contribution in [2.75, 3.05) is 0 Å². The Kier molecular flexibility index (Phi) is 3.65. The van der Waals surface area contributed by atoms with Crippen molar-refractivity contribution in [1.29, 1.82) is 0 Å². The number of carboxylic acid groups (broad SMARTS) is 1. The number of aromatic amines is 1. The summed E-state index contributed by atoms with van der Waals surface area (Å²) in [6, 6.07) is 9.78. The zero-order chi connectivity index (χ0) is 16.4. The number of rotatable bonds is 4. The molecule has 0 fully saturated rings. The molecular formula is C17H15N3O3. The van der Waals surface area contributed by atoms with Crippen LogP contribution in [0.2, 0.25) is 0 Å². The Bertz CT molecular complexity index is 821. The number of hydrogen-bond donors (Lipinski definition) is 2. The lowest BCUT2D eigenvalue weighted by molar-refractivity contribution is -0.120. The molecule has 0 aliphatic heterocycles. The van der Waals surface area contributed by atoms with Gasteiger partial charge in [-0.25, -0.2) is 4.79 Å². The van der Waals surface area contributed by atoms with Gasteiger partial charge in [-0.15, -0.1) is 5.10 Å². The van der Waals surface area contributed by atoms with E-state index in [0.717, 1.165) is 11.1 Å². The van der Waals surface area contributed by atoms with Gasteiger partial charge in [0.1, 0.15) is 11.5 Å². The summed E-state index contributed by atoms with van der Waals surface area (Å²) in [4.78, 5) is 23.6. The molecule has 2 N–H and O–H groups in total. The first-order chi connectivity index (χ1) is 11.0. The summed E-state index contributed by atoms with van der Waals surface area (Å²) in [5.41, 5.74) is 0.861. The molecule has 23 heavy (non-hydrogen) atoms. The molecule has 6 heteroatoms. The molecule has 0 bridgehead atoms. The van der Waals surface area contributed by atoms with Crippen molar-refractivity contribution in [1.82, 2.24) is 15.4 Å². The maximum absolute atomic E-state index is 12.3. The molecule has 3 rings (SSSR count). The summed E-state index contributed by atoms with van der Waals surface area (Å²) in [6.45, 7) is 1.44. The molecule has 0 spiro atoms. The lowest BCUT2D eigenvalue weighted by Gasteiger charge is -2.28. The van der Waals surface area contributed by atoms with Crippen molar-refractivity contribution in [2.45, 2.75) is 18.8 Å². The van der Waals surface area contributed by atoms with Crippen LogP contribution >= 0.6 is 0 Å². The molecule has 0 saturated carbocycles. The van der Waals surface area contributed by atoms with Crippen LogP contribution in [-0.2, 0) is 10.2 Å². The van der Waals surface area contributed by atoms with Crippen LogP contribution in [0, 0.1) is 0 Å². The number of carboxylic acids is 1. The number of Topliss-reactive ketones (excluding diaryl/α,β-unsaturated/α-hetero) is 1. The number of carbonyl (C=O) groups is 2. The lowest BCUT2D eigenvalue weighted by atomic mass is 9.73. The summed E-state index contributed by atoms with van der Waals surface area (Å²) < 4.78 is 0. The van der Waals surface area contributed by atoms with Gasteiger partial charge < -0.3 is 5.11 Å². The van der Waals surface area contributed by atoms with E-state index in [0.29, 0.717) is 6.42 Å². The smallest absolute Gasteiger partial charge is 0.358 e. The fourth-order valence-electron chi connectivity index (χ4n) is 2.78. The van der Waals surface area contributed by atoms with E-state index >= 15 is 0 Å². The zero-order valence-corrected chi connectivity index (χ0v) is 12.5. The highest BCUT2D eigenvalue weighted by Gasteiger charge is 2.41. The van der Waals surface area contributed by atoms with E-state index in [9.17, 15) is 14.7 Å². The number of nitrogens with one attached hydrogen (secondary N) is 1. The Labute approximate surface area is 132 Å². The fraction of sp³-hybridized carbons (Fsp3) is 0.176. The van der Waals surface area contributed by atoms with Crippen molar-refractivity contribution in [3.05, 3.63) is 65.5 Å². The van der Waals surface area contributed by atoms with Gasteiger partial charge in [0, 0.05) is 0 Å².